The first-order chi connectivity index (χ1) is 16.4. The molecule has 2 aliphatic heterocycles. The molecule has 0 spiro atoms. The zero-order chi connectivity index (χ0) is 23.4. The van der Waals surface area contributed by atoms with Crippen LogP contribution < -0.4 is 20.3 Å². The second kappa shape index (κ2) is 8.15. The first-order valence-corrected chi connectivity index (χ1v) is 11.6. The number of aromatic nitrogens is 3. The highest BCUT2D eigenvalue weighted by Crippen LogP contribution is 2.37. The molecule has 34 heavy (non-hydrogen) atoms. The smallest absolute Gasteiger partial charge is 0.416 e. The van der Waals surface area contributed by atoms with Crippen LogP contribution in [0.15, 0.2) is 12.4 Å². The monoisotopic (exact) mass is 468 g/mol. The van der Waals surface area contributed by atoms with Gasteiger partial charge in [0.25, 0.3) is 11.8 Å². The first-order valence-electron chi connectivity index (χ1n) is 11.6. The molecule has 2 aliphatic carbocycles. The number of pyridine rings is 1. The quantitative estimate of drug-likeness (QED) is 0.682. The number of carbonyl (C=O) groups is 2. The van der Waals surface area contributed by atoms with E-state index in [0.717, 1.165) is 49.0 Å². The largest absolute Gasteiger partial charge is 0.465 e. The average Bonchev–Trinajstić information content (AvgIpc) is 3.39. The topological polar surface area (TPSA) is 119 Å². The van der Waals surface area contributed by atoms with Gasteiger partial charge in [0.1, 0.15) is 11.9 Å². The highest BCUT2D eigenvalue weighted by Gasteiger charge is 2.44. The number of rotatable bonds is 5. The minimum Gasteiger partial charge on any atom is -0.465 e. The molecular weight excluding hydrogens is 443 g/mol. The highest BCUT2D eigenvalue weighted by atomic mass is 19.1. The van der Waals surface area contributed by atoms with Crippen molar-refractivity contribution in [2.24, 2.45) is 11.8 Å². The number of amides is 2. The molecule has 0 radical (unpaired) electrons. The fourth-order valence-corrected chi connectivity index (χ4v) is 5.33. The van der Waals surface area contributed by atoms with Crippen molar-refractivity contribution in [3.63, 3.8) is 0 Å². The Morgan fingerprint density at radius 1 is 1.21 bits per heavy atom. The molecule has 2 N–H and O–H groups in total. The van der Waals surface area contributed by atoms with E-state index in [9.17, 15) is 14.0 Å². The van der Waals surface area contributed by atoms with Crippen LogP contribution in [0.5, 0.6) is 5.88 Å². The molecular formula is C23H25FN6O4. The van der Waals surface area contributed by atoms with E-state index < -0.39 is 6.09 Å². The number of anilines is 2. The van der Waals surface area contributed by atoms with Crippen LogP contribution in [0.25, 0.3) is 0 Å². The molecule has 0 aromatic carbocycles. The Bertz CT molecular complexity index is 1140. The van der Waals surface area contributed by atoms with Crippen molar-refractivity contribution in [1.29, 1.82) is 0 Å². The Morgan fingerprint density at radius 3 is 2.85 bits per heavy atom. The number of halogens is 1. The molecule has 10 nitrogen and oxygen atoms in total. The van der Waals surface area contributed by atoms with Crippen LogP contribution in [0.3, 0.4) is 0 Å². The van der Waals surface area contributed by atoms with E-state index in [1.807, 2.05) is 6.92 Å². The fraction of sp³-hybridized carbons (Fsp3) is 0.522. The van der Waals surface area contributed by atoms with Gasteiger partial charge >= 0.3 is 6.09 Å². The summed E-state index contributed by atoms with van der Waals surface area (Å²) >= 11 is 0. The van der Waals surface area contributed by atoms with Gasteiger partial charge in [0.05, 0.1) is 18.9 Å². The molecule has 2 unspecified atom stereocenters. The van der Waals surface area contributed by atoms with Crippen LogP contribution in [0, 0.1) is 24.6 Å². The summed E-state index contributed by atoms with van der Waals surface area (Å²) in [5.41, 5.74) is 2.81. The van der Waals surface area contributed by atoms with Gasteiger partial charge in [-0.1, -0.05) is 0 Å². The highest BCUT2D eigenvalue weighted by molar-refractivity contribution is 5.94. The number of hydrogen-bond donors (Lipinski definition) is 2. The van der Waals surface area contributed by atoms with Crippen LogP contribution >= 0.6 is 0 Å². The van der Waals surface area contributed by atoms with E-state index in [-0.39, 0.29) is 42.1 Å². The molecule has 2 aromatic heterocycles. The molecule has 1 saturated carbocycles. The third-order valence-corrected chi connectivity index (χ3v) is 7.28. The summed E-state index contributed by atoms with van der Waals surface area (Å²) in [6.45, 7) is 3.06. The summed E-state index contributed by atoms with van der Waals surface area (Å²) in [5, 5.41) is 6.21. The second-order valence-corrected chi connectivity index (χ2v) is 9.51. The van der Waals surface area contributed by atoms with Crippen molar-refractivity contribution < 1.29 is 23.5 Å². The zero-order valence-corrected chi connectivity index (χ0v) is 18.7. The van der Waals surface area contributed by atoms with E-state index in [0.29, 0.717) is 24.3 Å². The van der Waals surface area contributed by atoms with Crippen molar-refractivity contribution in [2.45, 2.75) is 44.8 Å². The molecule has 178 valence electrons. The van der Waals surface area contributed by atoms with Crippen LogP contribution in [0.4, 0.5) is 20.8 Å². The van der Waals surface area contributed by atoms with Crippen molar-refractivity contribution >= 4 is 23.6 Å². The van der Waals surface area contributed by atoms with Gasteiger partial charge in [0.2, 0.25) is 0 Å². The lowest BCUT2D eigenvalue weighted by Crippen LogP contribution is -2.48. The summed E-state index contributed by atoms with van der Waals surface area (Å²) < 4.78 is 24.9. The second-order valence-electron chi connectivity index (χ2n) is 9.51. The standard InChI is InChI=1S/C23H25FN6O4/c1-11-15-2-12(3-16(15)17(24)7-25-11)6-26-14-4-13(5-14)18-9-30(23(32)34-18)19-8-27-22-21(28-19)29-20(31)10-33-22/h7-8,12-14,18,26H,2-6,9-10H2,1H3,(H,28,29,31)/t12?,13-,14+,18?. The maximum Gasteiger partial charge on any atom is 0.416 e. The number of carbonyl (C=O) groups excluding carboxylic acids is 2. The van der Waals surface area contributed by atoms with Crippen LogP contribution in [-0.4, -0.2) is 58.8 Å². The summed E-state index contributed by atoms with van der Waals surface area (Å²) in [6.07, 6.45) is 5.53. The SMILES string of the molecule is Cc1ncc(F)c2c1CC(CN[C@H]1C[C@@H](C3CN(c4cnc5c(n4)NC(=O)CO5)C(=O)O3)C1)C2. The number of nitrogens with one attached hydrogen (secondary N) is 2. The number of cyclic esters (lactones) is 1. The van der Waals surface area contributed by atoms with E-state index >= 15 is 0 Å². The Hall–Kier alpha value is -3.34. The van der Waals surface area contributed by atoms with Gasteiger partial charge in [-0.2, -0.15) is 0 Å². The Kier molecular flexibility index (Phi) is 5.09. The molecule has 2 fully saturated rings. The minimum atomic E-state index is -0.464. The van der Waals surface area contributed by atoms with Crippen LogP contribution in [0.2, 0.25) is 0 Å². The predicted octanol–water partition coefficient (Wildman–Crippen LogP) is 1.76. The van der Waals surface area contributed by atoms with E-state index in [1.165, 1.54) is 17.3 Å². The van der Waals surface area contributed by atoms with Gasteiger partial charge in [0.15, 0.2) is 18.2 Å². The number of nitrogens with zero attached hydrogens (tertiary/aromatic N) is 4. The Labute approximate surface area is 195 Å². The number of aryl methyl sites for hydroxylation is 1. The molecule has 11 heteroatoms. The van der Waals surface area contributed by atoms with Gasteiger partial charge in [0, 0.05) is 17.7 Å². The van der Waals surface area contributed by atoms with Gasteiger partial charge in [-0.15, -0.1) is 0 Å². The van der Waals surface area contributed by atoms with Crippen molar-refractivity contribution in [3.8, 4) is 5.88 Å². The Balaban J connectivity index is 1.00. The van der Waals surface area contributed by atoms with Crippen LogP contribution in [0.1, 0.15) is 29.7 Å². The van der Waals surface area contributed by atoms with Crippen molar-refractivity contribution in [2.75, 3.05) is 29.9 Å². The summed E-state index contributed by atoms with van der Waals surface area (Å²) in [4.78, 5) is 38.1. The Morgan fingerprint density at radius 2 is 2.03 bits per heavy atom. The molecule has 6 rings (SSSR count). The molecule has 4 heterocycles. The average molecular weight is 468 g/mol. The number of fused-ring (bicyclic) bond motifs is 2. The van der Waals surface area contributed by atoms with Crippen LogP contribution in [-0.2, 0) is 22.4 Å². The third-order valence-electron chi connectivity index (χ3n) is 7.28. The lowest BCUT2D eigenvalue weighted by molar-refractivity contribution is -0.118. The molecule has 2 aromatic rings. The lowest BCUT2D eigenvalue weighted by atomic mass is 9.76. The van der Waals surface area contributed by atoms with E-state index in [2.05, 4.69) is 25.6 Å². The van der Waals surface area contributed by atoms with Crippen molar-refractivity contribution in [3.05, 3.63) is 35.0 Å². The fourth-order valence-electron chi connectivity index (χ4n) is 5.33. The van der Waals surface area contributed by atoms with E-state index in [1.54, 1.807) is 0 Å². The maximum absolute atomic E-state index is 14.1. The molecule has 2 atom stereocenters. The number of ether oxygens (including phenoxy) is 2. The first kappa shape index (κ1) is 21.2. The molecule has 0 bridgehead atoms. The normalized spacial score (nSPS) is 27.4. The summed E-state index contributed by atoms with van der Waals surface area (Å²) in [6, 6.07) is 0.362. The summed E-state index contributed by atoms with van der Waals surface area (Å²) in [5.74, 6) is 0.898. The molecule has 4 aliphatic rings. The minimum absolute atomic E-state index is 0.104. The van der Waals surface area contributed by atoms with Gasteiger partial charge in [-0.3, -0.25) is 14.7 Å². The van der Waals surface area contributed by atoms with Gasteiger partial charge in [-0.25, -0.2) is 19.2 Å². The van der Waals surface area contributed by atoms with Crippen molar-refractivity contribution in [1.82, 2.24) is 20.3 Å². The lowest BCUT2D eigenvalue weighted by Gasteiger charge is -2.38. The predicted molar refractivity (Wildman–Crippen MR) is 118 cm³/mol. The maximum atomic E-state index is 14.1. The number of hydrogen-bond acceptors (Lipinski definition) is 8. The van der Waals surface area contributed by atoms with Gasteiger partial charge in [-0.05, 0) is 56.2 Å². The third kappa shape index (κ3) is 3.73. The summed E-state index contributed by atoms with van der Waals surface area (Å²) in [7, 11) is 0. The zero-order valence-electron chi connectivity index (χ0n) is 18.7. The molecule has 1 saturated heterocycles. The van der Waals surface area contributed by atoms with E-state index in [4.69, 9.17) is 9.47 Å². The van der Waals surface area contributed by atoms with Gasteiger partial charge < -0.3 is 20.1 Å². The molecule has 2 amide bonds.